The van der Waals surface area contributed by atoms with E-state index in [2.05, 4.69) is 15.6 Å². The molecule has 28 heavy (non-hydrogen) atoms. The molecule has 0 aliphatic rings. The topological polar surface area (TPSA) is 81.7 Å². The molecule has 146 valence electrons. The number of rotatable bonds is 7. The van der Waals surface area contributed by atoms with Crippen LogP contribution in [0.2, 0.25) is 0 Å². The maximum absolute atomic E-state index is 12.3. The predicted molar refractivity (Wildman–Crippen MR) is 111 cm³/mol. The number of thiazole rings is 1. The average Bonchev–Trinajstić information content (AvgIpc) is 3.17. The molecule has 0 saturated carbocycles. The third-order valence-electron chi connectivity index (χ3n) is 3.84. The Morgan fingerprint density at radius 1 is 1.04 bits per heavy atom. The molecule has 1 heterocycles. The minimum atomic E-state index is -0.389. The summed E-state index contributed by atoms with van der Waals surface area (Å²) in [6.07, 6.45) is 0. The molecule has 2 amide bonds. The number of para-hydroxylation sites is 2. The lowest BCUT2D eigenvalue weighted by molar-refractivity contribution is 0.262. The van der Waals surface area contributed by atoms with E-state index < -0.39 is 0 Å². The molecule has 2 aromatic carbocycles. The third-order valence-corrected chi connectivity index (χ3v) is 4.60. The van der Waals surface area contributed by atoms with E-state index in [1.54, 1.807) is 26.4 Å². The molecule has 0 unspecified atom stereocenters. The van der Waals surface area contributed by atoms with Crippen LogP contribution in [0.1, 0.15) is 6.92 Å². The largest absolute Gasteiger partial charge is 0.493 e. The van der Waals surface area contributed by atoms with Gasteiger partial charge in [0, 0.05) is 10.9 Å². The lowest BCUT2D eigenvalue weighted by Crippen LogP contribution is -2.19. The number of urea groups is 1. The van der Waals surface area contributed by atoms with Crippen molar-refractivity contribution in [3.63, 3.8) is 0 Å². The van der Waals surface area contributed by atoms with Crippen LogP contribution in [-0.4, -0.2) is 31.8 Å². The van der Waals surface area contributed by atoms with Gasteiger partial charge in [0.2, 0.25) is 0 Å². The van der Waals surface area contributed by atoms with Gasteiger partial charge in [-0.2, -0.15) is 0 Å². The van der Waals surface area contributed by atoms with Crippen molar-refractivity contribution in [1.29, 1.82) is 0 Å². The highest BCUT2D eigenvalue weighted by atomic mass is 32.1. The van der Waals surface area contributed by atoms with Crippen LogP contribution in [0.15, 0.2) is 47.8 Å². The fourth-order valence-electron chi connectivity index (χ4n) is 2.56. The molecule has 3 rings (SSSR count). The van der Waals surface area contributed by atoms with E-state index in [9.17, 15) is 4.79 Å². The summed E-state index contributed by atoms with van der Waals surface area (Å²) in [7, 11) is 3.17. The Morgan fingerprint density at radius 2 is 1.82 bits per heavy atom. The van der Waals surface area contributed by atoms with E-state index >= 15 is 0 Å². The van der Waals surface area contributed by atoms with Crippen molar-refractivity contribution in [2.24, 2.45) is 0 Å². The molecule has 0 spiro atoms. The van der Waals surface area contributed by atoms with Gasteiger partial charge in [0.1, 0.15) is 5.75 Å². The molecular weight excluding hydrogens is 378 g/mol. The Bertz CT molecular complexity index is 958. The van der Waals surface area contributed by atoms with Crippen LogP contribution < -0.4 is 24.8 Å². The number of nitrogens with one attached hydrogen (secondary N) is 2. The number of carbonyl (C=O) groups is 1. The van der Waals surface area contributed by atoms with Crippen LogP contribution in [0.25, 0.3) is 11.3 Å². The number of hydrogen-bond donors (Lipinski definition) is 2. The van der Waals surface area contributed by atoms with Gasteiger partial charge in [0.25, 0.3) is 0 Å². The van der Waals surface area contributed by atoms with Gasteiger partial charge in [0.15, 0.2) is 16.6 Å². The standard InChI is InChI=1S/C20H21N3O4S/c1-4-27-16-8-6-5-7-14(16)21-19(24)23-20-22-15(12-28-20)13-9-10-17(25-2)18(11-13)26-3/h5-12H,4H2,1-3H3,(H2,21,22,23,24). The van der Waals surface area contributed by atoms with E-state index in [-0.39, 0.29) is 6.03 Å². The van der Waals surface area contributed by atoms with Crippen molar-refractivity contribution in [2.45, 2.75) is 6.92 Å². The Balaban J connectivity index is 1.70. The second-order valence-corrected chi connectivity index (χ2v) is 6.47. The van der Waals surface area contributed by atoms with Gasteiger partial charge >= 0.3 is 6.03 Å². The van der Waals surface area contributed by atoms with E-state index in [0.717, 1.165) is 11.3 Å². The number of ether oxygens (including phenoxy) is 3. The van der Waals surface area contributed by atoms with Crippen LogP contribution in [0.5, 0.6) is 17.2 Å². The average molecular weight is 399 g/mol. The smallest absolute Gasteiger partial charge is 0.325 e. The zero-order valence-corrected chi connectivity index (χ0v) is 16.6. The van der Waals surface area contributed by atoms with Crippen LogP contribution in [0.3, 0.4) is 0 Å². The Kier molecular flexibility index (Phi) is 6.33. The summed E-state index contributed by atoms with van der Waals surface area (Å²) in [5.41, 5.74) is 2.19. The van der Waals surface area contributed by atoms with Gasteiger partial charge in [-0.1, -0.05) is 12.1 Å². The summed E-state index contributed by atoms with van der Waals surface area (Å²) in [4.78, 5) is 16.8. The van der Waals surface area contributed by atoms with E-state index in [1.165, 1.54) is 11.3 Å². The monoisotopic (exact) mass is 399 g/mol. The van der Waals surface area contributed by atoms with Gasteiger partial charge in [-0.05, 0) is 37.3 Å². The number of carbonyl (C=O) groups excluding carboxylic acids is 1. The number of benzene rings is 2. The molecule has 1 aromatic heterocycles. The number of methoxy groups -OCH3 is 2. The fraction of sp³-hybridized carbons (Fsp3) is 0.200. The zero-order chi connectivity index (χ0) is 19.9. The Hall–Kier alpha value is -3.26. The van der Waals surface area contributed by atoms with Gasteiger partial charge in [-0.15, -0.1) is 11.3 Å². The molecule has 3 aromatic rings. The molecule has 0 saturated heterocycles. The molecule has 0 radical (unpaired) electrons. The number of amides is 2. The molecule has 0 aliphatic carbocycles. The lowest BCUT2D eigenvalue weighted by atomic mass is 10.1. The minimum Gasteiger partial charge on any atom is -0.493 e. The highest BCUT2D eigenvalue weighted by Crippen LogP contribution is 2.33. The molecular formula is C20H21N3O4S. The maximum Gasteiger partial charge on any atom is 0.325 e. The van der Waals surface area contributed by atoms with Crippen LogP contribution in [0.4, 0.5) is 15.6 Å². The number of aromatic nitrogens is 1. The van der Waals surface area contributed by atoms with Crippen LogP contribution in [0, 0.1) is 0 Å². The summed E-state index contributed by atoms with van der Waals surface area (Å²) >= 11 is 1.33. The van der Waals surface area contributed by atoms with Crippen molar-refractivity contribution in [3.05, 3.63) is 47.8 Å². The molecule has 0 fully saturated rings. The third kappa shape index (κ3) is 4.52. The molecule has 2 N–H and O–H groups in total. The SMILES string of the molecule is CCOc1ccccc1NC(=O)Nc1nc(-c2ccc(OC)c(OC)c2)cs1. The highest BCUT2D eigenvalue weighted by Gasteiger charge is 2.12. The molecule has 0 aliphatic heterocycles. The van der Waals surface area contributed by atoms with Crippen molar-refractivity contribution < 1.29 is 19.0 Å². The predicted octanol–water partition coefficient (Wildman–Crippen LogP) is 4.87. The van der Waals surface area contributed by atoms with Crippen LogP contribution >= 0.6 is 11.3 Å². The first kappa shape index (κ1) is 19.5. The van der Waals surface area contributed by atoms with Crippen molar-refractivity contribution in [3.8, 4) is 28.5 Å². The first-order valence-electron chi connectivity index (χ1n) is 8.62. The van der Waals surface area contributed by atoms with Crippen molar-refractivity contribution >= 4 is 28.2 Å². The normalized spacial score (nSPS) is 10.2. The zero-order valence-electron chi connectivity index (χ0n) is 15.8. The van der Waals surface area contributed by atoms with Gasteiger partial charge < -0.3 is 19.5 Å². The number of hydrogen-bond acceptors (Lipinski definition) is 6. The van der Waals surface area contributed by atoms with Gasteiger partial charge in [-0.3, -0.25) is 5.32 Å². The highest BCUT2D eigenvalue weighted by molar-refractivity contribution is 7.14. The maximum atomic E-state index is 12.3. The minimum absolute atomic E-state index is 0.389. The quantitative estimate of drug-likeness (QED) is 0.592. The number of anilines is 2. The summed E-state index contributed by atoms with van der Waals surface area (Å²) in [5, 5.41) is 7.88. The second-order valence-electron chi connectivity index (χ2n) is 5.62. The lowest BCUT2D eigenvalue weighted by Gasteiger charge is -2.11. The molecule has 8 heteroatoms. The van der Waals surface area contributed by atoms with Gasteiger partial charge in [-0.25, -0.2) is 9.78 Å². The van der Waals surface area contributed by atoms with E-state index in [0.29, 0.717) is 34.7 Å². The Morgan fingerprint density at radius 3 is 2.57 bits per heavy atom. The second kappa shape index (κ2) is 9.09. The molecule has 0 bridgehead atoms. The summed E-state index contributed by atoms with van der Waals surface area (Å²) in [6, 6.07) is 12.4. The first-order chi connectivity index (χ1) is 13.6. The van der Waals surface area contributed by atoms with E-state index in [1.807, 2.05) is 42.6 Å². The van der Waals surface area contributed by atoms with Crippen LogP contribution in [-0.2, 0) is 0 Å². The van der Waals surface area contributed by atoms with E-state index in [4.69, 9.17) is 14.2 Å². The summed E-state index contributed by atoms with van der Waals surface area (Å²) in [5.74, 6) is 1.88. The molecule has 7 nitrogen and oxygen atoms in total. The van der Waals surface area contributed by atoms with Gasteiger partial charge in [0.05, 0.1) is 32.2 Å². The first-order valence-corrected chi connectivity index (χ1v) is 9.50. The molecule has 0 atom stereocenters. The fourth-order valence-corrected chi connectivity index (χ4v) is 3.28. The Labute approximate surface area is 167 Å². The number of nitrogens with zero attached hydrogens (tertiary/aromatic N) is 1. The summed E-state index contributed by atoms with van der Waals surface area (Å²) < 4.78 is 16.1. The summed E-state index contributed by atoms with van der Waals surface area (Å²) in [6.45, 7) is 2.41. The van der Waals surface area contributed by atoms with Crippen molar-refractivity contribution in [1.82, 2.24) is 4.98 Å². The van der Waals surface area contributed by atoms with Crippen molar-refractivity contribution in [2.75, 3.05) is 31.5 Å².